The third-order valence-electron chi connectivity index (χ3n) is 2.23. The van der Waals surface area contributed by atoms with Crippen LogP contribution in [0.15, 0.2) is 6.07 Å². The molecule has 88 valence electrons. The number of ether oxygens (including phenoxy) is 1. The first kappa shape index (κ1) is 12.0. The molecular formula is C12H16O2S2. The maximum atomic E-state index is 11.9. The summed E-state index contributed by atoms with van der Waals surface area (Å²) in [7, 11) is 0. The van der Waals surface area contributed by atoms with E-state index in [9.17, 15) is 4.79 Å². The predicted molar refractivity (Wildman–Crippen MR) is 69.4 cm³/mol. The van der Waals surface area contributed by atoms with Crippen molar-refractivity contribution in [1.29, 1.82) is 0 Å². The first-order valence-electron chi connectivity index (χ1n) is 5.38. The first-order valence-corrected chi connectivity index (χ1v) is 7.35. The van der Waals surface area contributed by atoms with E-state index in [0.717, 1.165) is 17.1 Å². The molecule has 0 N–H and O–H groups in total. The zero-order valence-electron chi connectivity index (χ0n) is 9.83. The van der Waals surface area contributed by atoms with Gasteiger partial charge in [0.1, 0.15) is 10.5 Å². The number of carbonyl (C=O) groups excluding carboxylic acids is 1. The van der Waals surface area contributed by atoms with Gasteiger partial charge >= 0.3 is 5.97 Å². The number of aryl methyl sites for hydroxylation is 1. The molecule has 0 bridgehead atoms. The third kappa shape index (κ3) is 2.80. The fourth-order valence-corrected chi connectivity index (χ4v) is 3.83. The second kappa shape index (κ2) is 4.41. The minimum atomic E-state index is -0.406. The summed E-state index contributed by atoms with van der Waals surface area (Å²) in [5.41, 5.74) is 0.915. The van der Waals surface area contributed by atoms with Crippen molar-refractivity contribution in [2.45, 2.75) is 38.5 Å². The molecule has 0 amide bonds. The standard InChI is InChI=1S/C12H16O2S2/c1-12(2,3)14-11(13)10-6-8-7-15-5-4-9(8)16-10/h6H,4-5,7H2,1-3H3. The number of rotatable bonds is 1. The average molecular weight is 256 g/mol. The lowest BCUT2D eigenvalue weighted by molar-refractivity contribution is 0.00752. The Balaban J connectivity index is 2.15. The normalized spacial score (nSPS) is 15.7. The summed E-state index contributed by atoms with van der Waals surface area (Å²) < 4.78 is 5.37. The molecule has 0 saturated heterocycles. The Bertz CT molecular complexity index is 378. The Morgan fingerprint density at radius 3 is 2.81 bits per heavy atom. The van der Waals surface area contributed by atoms with Crippen molar-refractivity contribution in [3.05, 3.63) is 21.4 Å². The fraction of sp³-hybridized carbons (Fsp3) is 0.583. The molecule has 1 aromatic rings. The summed E-state index contributed by atoms with van der Waals surface area (Å²) in [4.78, 5) is 14.0. The van der Waals surface area contributed by atoms with Gasteiger partial charge in [-0.3, -0.25) is 0 Å². The molecule has 0 spiro atoms. The zero-order chi connectivity index (χ0) is 11.8. The van der Waals surface area contributed by atoms with Crippen molar-refractivity contribution in [2.24, 2.45) is 0 Å². The fourth-order valence-electron chi connectivity index (χ4n) is 1.58. The number of fused-ring (bicyclic) bond motifs is 1. The molecule has 0 aromatic carbocycles. The average Bonchev–Trinajstić information content (AvgIpc) is 2.58. The Morgan fingerprint density at radius 2 is 2.19 bits per heavy atom. The number of carbonyl (C=O) groups is 1. The Morgan fingerprint density at radius 1 is 1.44 bits per heavy atom. The predicted octanol–water partition coefficient (Wildman–Crippen LogP) is 3.49. The molecule has 0 atom stereocenters. The lowest BCUT2D eigenvalue weighted by Crippen LogP contribution is -2.23. The maximum Gasteiger partial charge on any atom is 0.348 e. The smallest absolute Gasteiger partial charge is 0.348 e. The molecule has 2 heterocycles. The van der Waals surface area contributed by atoms with Crippen LogP contribution in [-0.2, 0) is 16.9 Å². The molecule has 0 aliphatic carbocycles. The number of hydrogen-bond donors (Lipinski definition) is 0. The summed E-state index contributed by atoms with van der Waals surface area (Å²) >= 11 is 3.53. The molecule has 0 saturated carbocycles. The number of hydrogen-bond acceptors (Lipinski definition) is 4. The lowest BCUT2D eigenvalue weighted by Gasteiger charge is -2.18. The van der Waals surface area contributed by atoms with E-state index >= 15 is 0 Å². The minimum absolute atomic E-state index is 0.183. The van der Waals surface area contributed by atoms with Crippen LogP contribution in [0.5, 0.6) is 0 Å². The Labute approximate surface area is 104 Å². The molecule has 1 aromatic heterocycles. The van der Waals surface area contributed by atoms with E-state index in [2.05, 4.69) is 0 Å². The van der Waals surface area contributed by atoms with Gasteiger partial charge in [-0.15, -0.1) is 11.3 Å². The highest BCUT2D eigenvalue weighted by molar-refractivity contribution is 7.98. The Kier molecular flexibility index (Phi) is 3.31. The molecular weight excluding hydrogens is 240 g/mol. The van der Waals surface area contributed by atoms with Crippen molar-refractivity contribution in [3.63, 3.8) is 0 Å². The number of esters is 1. The number of thioether (sulfide) groups is 1. The molecule has 0 fully saturated rings. The molecule has 0 unspecified atom stereocenters. The lowest BCUT2D eigenvalue weighted by atomic mass is 10.2. The van der Waals surface area contributed by atoms with Gasteiger partial charge in [-0.25, -0.2) is 4.79 Å². The van der Waals surface area contributed by atoms with Gasteiger partial charge in [0.25, 0.3) is 0 Å². The maximum absolute atomic E-state index is 11.9. The van der Waals surface area contributed by atoms with Gasteiger partial charge in [0.15, 0.2) is 0 Å². The highest BCUT2D eigenvalue weighted by Crippen LogP contribution is 2.32. The van der Waals surface area contributed by atoms with E-state index in [4.69, 9.17) is 4.74 Å². The molecule has 4 heteroatoms. The quantitative estimate of drug-likeness (QED) is 0.719. The summed E-state index contributed by atoms with van der Waals surface area (Å²) in [5, 5.41) is 0. The van der Waals surface area contributed by atoms with Gasteiger partial charge in [0, 0.05) is 10.6 Å². The second-order valence-corrected chi connectivity index (χ2v) is 7.11. The van der Waals surface area contributed by atoms with Gasteiger partial charge in [0.2, 0.25) is 0 Å². The second-order valence-electron chi connectivity index (χ2n) is 4.86. The van der Waals surface area contributed by atoms with Crippen molar-refractivity contribution < 1.29 is 9.53 Å². The highest BCUT2D eigenvalue weighted by Gasteiger charge is 2.22. The van der Waals surface area contributed by atoms with Crippen LogP contribution >= 0.6 is 23.1 Å². The summed E-state index contributed by atoms with van der Waals surface area (Å²) in [5.74, 6) is 2.02. The van der Waals surface area contributed by atoms with Crippen LogP contribution in [-0.4, -0.2) is 17.3 Å². The number of thiophene rings is 1. The van der Waals surface area contributed by atoms with Gasteiger partial charge in [-0.05, 0) is 44.6 Å². The van der Waals surface area contributed by atoms with E-state index in [1.54, 1.807) is 11.3 Å². The van der Waals surface area contributed by atoms with Crippen LogP contribution in [0, 0.1) is 0 Å². The van der Waals surface area contributed by atoms with Gasteiger partial charge in [-0.2, -0.15) is 11.8 Å². The van der Waals surface area contributed by atoms with E-state index in [-0.39, 0.29) is 5.97 Å². The van der Waals surface area contributed by atoms with E-state index in [1.165, 1.54) is 16.2 Å². The van der Waals surface area contributed by atoms with Crippen molar-refractivity contribution in [3.8, 4) is 0 Å². The topological polar surface area (TPSA) is 26.3 Å². The molecule has 2 rings (SSSR count). The molecule has 1 aliphatic rings. The molecule has 2 nitrogen and oxygen atoms in total. The first-order chi connectivity index (χ1) is 7.46. The van der Waals surface area contributed by atoms with E-state index in [0.29, 0.717) is 0 Å². The zero-order valence-corrected chi connectivity index (χ0v) is 11.5. The van der Waals surface area contributed by atoms with Crippen LogP contribution in [0.2, 0.25) is 0 Å². The Hall–Kier alpha value is -0.480. The minimum Gasteiger partial charge on any atom is -0.456 e. The summed E-state index contributed by atoms with van der Waals surface area (Å²) in [6, 6.07) is 2.00. The molecule has 0 radical (unpaired) electrons. The van der Waals surface area contributed by atoms with Crippen LogP contribution < -0.4 is 0 Å². The van der Waals surface area contributed by atoms with E-state index in [1.807, 2.05) is 38.6 Å². The van der Waals surface area contributed by atoms with E-state index < -0.39 is 5.60 Å². The monoisotopic (exact) mass is 256 g/mol. The molecule has 1 aliphatic heterocycles. The summed E-state index contributed by atoms with van der Waals surface area (Å²) in [6.07, 6.45) is 1.09. The third-order valence-corrected chi connectivity index (χ3v) is 4.45. The van der Waals surface area contributed by atoms with Gasteiger partial charge in [0.05, 0.1) is 0 Å². The van der Waals surface area contributed by atoms with Crippen LogP contribution in [0.1, 0.15) is 40.9 Å². The highest BCUT2D eigenvalue weighted by atomic mass is 32.2. The molecule has 16 heavy (non-hydrogen) atoms. The van der Waals surface area contributed by atoms with Crippen molar-refractivity contribution >= 4 is 29.1 Å². The summed E-state index contributed by atoms with van der Waals surface area (Å²) in [6.45, 7) is 5.69. The SMILES string of the molecule is CC(C)(C)OC(=O)c1cc2c(s1)CCSC2. The van der Waals surface area contributed by atoms with Crippen molar-refractivity contribution in [2.75, 3.05) is 5.75 Å². The van der Waals surface area contributed by atoms with Crippen LogP contribution in [0.3, 0.4) is 0 Å². The van der Waals surface area contributed by atoms with Gasteiger partial charge < -0.3 is 4.74 Å². The van der Waals surface area contributed by atoms with Crippen LogP contribution in [0.25, 0.3) is 0 Å². The van der Waals surface area contributed by atoms with Crippen LogP contribution in [0.4, 0.5) is 0 Å². The van der Waals surface area contributed by atoms with Gasteiger partial charge in [-0.1, -0.05) is 0 Å². The van der Waals surface area contributed by atoms with Crippen molar-refractivity contribution in [1.82, 2.24) is 0 Å². The largest absolute Gasteiger partial charge is 0.456 e.